The maximum absolute atomic E-state index is 13.7. The molecular formula is C43H58ClN5O6S. The van der Waals surface area contributed by atoms with Gasteiger partial charge in [0.2, 0.25) is 15.9 Å². The first kappa shape index (κ1) is 39.7. The van der Waals surface area contributed by atoms with Gasteiger partial charge in [-0.1, -0.05) is 37.6 Å². The highest BCUT2D eigenvalue weighted by atomic mass is 35.5. The van der Waals surface area contributed by atoms with E-state index in [1.165, 1.54) is 17.2 Å². The van der Waals surface area contributed by atoms with Gasteiger partial charge in [0.15, 0.2) is 0 Å². The molecule has 2 N–H and O–H groups in total. The van der Waals surface area contributed by atoms with Crippen LogP contribution in [0.15, 0.2) is 49.1 Å². The number of carbonyl (C=O) groups excluding carboxylic acids is 2. The molecule has 11 nitrogen and oxygen atoms in total. The number of aliphatic hydroxyl groups is 1. The lowest BCUT2D eigenvalue weighted by atomic mass is 9.62. The number of aryl methyl sites for hydroxylation is 1. The Morgan fingerprint density at radius 1 is 1.04 bits per heavy atom. The number of β-amino-alcohol motifs (C(OH)–C–C–N with tert-alkyl or cyclic N) is 1. The normalized spacial score (nSPS) is 33.8. The SMILES string of the molecule is C=CC(=O)N1CCN2CCN(C[C@]3(O)CCC[C@H](C)[C@@H](C)S(=O)(=O)NC(=O)c4ccc5c(c4)N(C[C@@H]4CC[C@H]43)C[C@@]3(CCCc4cc(Cl)ccc43)CO5)C[C@H]2C1. The summed E-state index contributed by atoms with van der Waals surface area (Å²) in [6.45, 7) is 14.4. The van der Waals surface area contributed by atoms with Crippen LogP contribution < -0.4 is 14.4 Å². The zero-order chi connectivity index (χ0) is 39.4. The number of nitrogens with zero attached hydrogens (tertiary/aromatic N) is 4. The number of amides is 2. The van der Waals surface area contributed by atoms with Crippen LogP contribution in [-0.4, -0.2) is 122 Å². The van der Waals surface area contributed by atoms with Crippen molar-refractivity contribution in [3.8, 4) is 5.75 Å². The van der Waals surface area contributed by atoms with Gasteiger partial charge >= 0.3 is 0 Å². The van der Waals surface area contributed by atoms with E-state index < -0.39 is 26.8 Å². The molecule has 0 radical (unpaired) electrons. The predicted molar refractivity (Wildman–Crippen MR) is 219 cm³/mol. The molecule has 2 aliphatic carbocycles. The number of rotatable bonds is 3. The summed E-state index contributed by atoms with van der Waals surface area (Å²) in [5.41, 5.74) is 2.25. The molecule has 0 aromatic heterocycles. The summed E-state index contributed by atoms with van der Waals surface area (Å²) >= 11 is 6.50. The zero-order valence-electron chi connectivity index (χ0n) is 32.9. The molecule has 2 saturated heterocycles. The number of anilines is 1. The predicted octanol–water partition coefficient (Wildman–Crippen LogP) is 4.85. The minimum Gasteiger partial charge on any atom is -0.490 e. The van der Waals surface area contributed by atoms with Crippen LogP contribution in [0.2, 0.25) is 5.02 Å². The molecule has 3 fully saturated rings. The third-order valence-corrected chi connectivity index (χ3v) is 16.6. The van der Waals surface area contributed by atoms with Crippen LogP contribution in [0.25, 0.3) is 0 Å². The summed E-state index contributed by atoms with van der Waals surface area (Å²) in [5, 5.41) is 13.0. The van der Waals surface area contributed by atoms with Crippen LogP contribution >= 0.6 is 11.6 Å². The molecule has 13 heteroatoms. The largest absolute Gasteiger partial charge is 0.490 e. The van der Waals surface area contributed by atoms with Crippen LogP contribution in [0.4, 0.5) is 5.69 Å². The van der Waals surface area contributed by atoms with Gasteiger partial charge in [-0.3, -0.25) is 19.4 Å². The van der Waals surface area contributed by atoms with Gasteiger partial charge < -0.3 is 19.6 Å². The first-order valence-electron chi connectivity index (χ1n) is 20.7. The van der Waals surface area contributed by atoms with E-state index in [0.29, 0.717) is 64.3 Å². The third kappa shape index (κ3) is 7.61. The molecule has 1 spiro atoms. The molecular weight excluding hydrogens is 750 g/mol. The molecule has 8 rings (SSSR count). The number of halogens is 1. The van der Waals surface area contributed by atoms with Gasteiger partial charge in [0.05, 0.1) is 23.1 Å². The number of fused-ring (bicyclic) bond motifs is 5. The van der Waals surface area contributed by atoms with Gasteiger partial charge in [0, 0.05) is 80.9 Å². The molecule has 0 unspecified atom stereocenters. The molecule has 4 aliphatic heterocycles. The minimum absolute atomic E-state index is 0.0323. The molecule has 6 aliphatic rings. The maximum atomic E-state index is 13.7. The number of piperazine rings is 2. The van der Waals surface area contributed by atoms with E-state index in [1.807, 2.05) is 24.0 Å². The van der Waals surface area contributed by atoms with Crippen molar-refractivity contribution in [1.29, 1.82) is 0 Å². The fraction of sp³-hybridized carbons (Fsp3) is 0.628. The highest BCUT2D eigenvalue weighted by Crippen LogP contribution is 2.49. The first-order chi connectivity index (χ1) is 26.8. The Labute approximate surface area is 337 Å². The summed E-state index contributed by atoms with van der Waals surface area (Å²) in [6.07, 6.45) is 8.04. The molecule has 56 heavy (non-hydrogen) atoms. The molecule has 304 valence electrons. The van der Waals surface area contributed by atoms with Crippen molar-refractivity contribution in [2.24, 2.45) is 17.8 Å². The molecule has 2 amide bonds. The summed E-state index contributed by atoms with van der Waals surface area (Å²) in [4.78, 5) is 35.4. The Hall–Kier alpha value is -3.16. The lowest BCUT2D eigenvalue weighted by molar-refractivity contribution is -0.132. The Kier molecular flexibility index (Phi) is 11.0. The molecule has 7 atom stereocenters. The van der Waals surface area contributed by atoms with Gasteiger partial charge in [0.25, 0.3) is 5.91 Å². The number of ether oxygens (including phenoxy) is 1. The van der Waals surface area contributed by atoms with E-state index in [0.717, 1.165) is 69.0 Å². The Morgan fingerprint density at radius 2 is 1.86 bits per heavy atom. The van der Waals surface area contributed by atoms with Crippen LogP contribution in [0, 0.1) is 17.8 Å². The van der Waals surface area contributed by atoms with E-state index >= 15 is 0 Å². The summed E-state index contributed by atoms with van der Waals surface area (Å²) in [5.74, 6) is 0.0225. The Bertz CT molecular complexity index is 1960. The summed E-state index contributed by atoms with van der Waals surface area (Å²) in [7, 11) is -3.99. The fourth-order valence-electron chi connectivity index (χ4n) is 10.8. The highest BCUT2D eigenvalue weighted by Gasteiger charge is 2.50. The van der Waals surface area contributed by atoms with Crippen LogP contribution in [0.5, 0.6) is 5.75 Å². The second kappa shape index (κ2) is 15.5. The second-order valence-corrected chi connectivity index (χ2v) is 20.3. The van der Waals surface area contributed by atoms with Crippen molar-refractivity contribution in [3.63, 3.8) is 0 Å². The number of nitrogens with one attached hydrogen (secondary N) is 1. The van der Waals surface area contributed by atoms with E-state index in [9.17, 15) is 23.1 Å². The standard InChI is InChI=1S/C43H58ClN5O6S/c1-4-40(50)48-20-19-47-18-17-46(24-35(47)25-48)27-43(52)16-5-7-29(2)30(3)56(53,54)45-41(51)32-10-14-39-38(22-32)49(23-33-9-12-37(33)43)26-42(28-55-39)15-6-8-31-21-34(44)11-13-36(31)42/h4,10-11,13-14,21-22,29-30,33,35,37,52H,1,5-9,12,15-20,23-28H2,2-3H3,(H,45,51)/t29-,30+,33-,35-,37+,42-,43+/m0/s1. The number of hydrogen-bond donors (Lipinski definition) is 2. The van der Waals surface area contributed by atoms with Crippen LogP contribution in [-0.2, 0) is 26.7 Å². The van der Waals surface area contributed by atoms with Crippen molar-refractivity contribution >= 4 is 39.1 Å². The van der Waals surface area contributed by atoms with E-state index in [-0.39, 0.29) is 40.7 Å². The number of hydrogen-bond acceptors (Lipinski definition) is 9. The molecule has 4 heterocycles. The highest BCUT2D eigenvalue weighted by molar-refractivity contribution is 7.90. The lowest BCUT2D eigenvalue weighted by Gasteiger charge is -2.53. The van der Waals surface area contributed by atoms with Crippen molar-refractivity contribution < 1.29 is 27.9 Å². The van der Waals surface area contributed by atoms with E-state index in [2.05, 4.69) is 38.1 Å². The minimum atomic E-state index is -3.99. The first-order valence-corrected chi connectivity index (χ1v) is 22.7. The summed E-state index contributed by atoms with van der Waals surface area (Å²) in [6, 6.07) is 11.7. The van der Waals surface area contributed by atoms with Gasteiger partial charge in [-0.25, -0.2) is 13.1 Å². The number of sulfonamides is 1. The number of carbonyl (C=O) groups is 2. The lowest BCUT2D eigenvalue weighted by Crippen LogP contribution is -2.65. The van der Waals surface area contributed by atoms with Gasteiger partial charge in [-0.2, -0.15) is 0 Å². The third-order valence-electron chi connectivity index (χ3n) is 14.4. The van der Waals surface area contributed by atoms with Gasteiger partial charge in [-0.05, 0) is 117 Å². The topological polar surface area (TPSA) is 123 Å². The fourth-order valence-corrected chi connectivity index (χ4v) is 12.4. The average molecular weight is 808 g/mol. The number of benzene rings is 2. The van der Waals surface area contributed by atoms with Crippen molar-refractivity contribution in [3.05, 3.63) is 70.8 Å². The van der Waals surface area contributed by atoms with Crippen LogP contribution in [0.3, 0.4) is 0 Å². The maximum Gasteiger partial charge on any atom is 0.264 e. The van der Waals surface area contributed by atoms with Crippen molar-refractivity contribution in [1.82, 2.24) is 19.4 Å². The Morgan fingerprint density at radius 3 is 2.64 bits per heavy atom. The summed E-state index contributed by atoms with van der Waals surface area (Å²) < 4.78 is 36.3. The van der Waals surface area contributed by atoms with Crippen LogP contribution in [0.1, 0.15) is 80.3 Å². The van der Waals surface area contributed by atoms with Crippen molar-refractivity contribution in [2.75, 3.05) is 70.4 Å². The smallest absolute Gasteiger partial charge is 0.264 e. The van der Waals surface area contributed by atoms with E-state index in [4.69, 9.17) is 16.3 Å². The second-order valence-electron chi connectivity index (χ2n) is 17.8. The molecule has 2 bridgehead atoms. The van der Waals surface area contributed by atoms with Crippen molar-refractivity contribution in [2.45, 2.75) is 87.5 Å². The average Bonchev–Trinajstić information content (AvgIpc) is 3.31. The van der Waals surface area contributed by atoms with E-state index in [1.54, 1.807) is 19.1 Å². The van der Waals surface area contributed by atoms with Gasteiger partial charge in [-0.15, -0.1) is 0 Å². The zero-order valence-corrected chi connectivity index (χ0v) is 34.5. The molecule has 2 aromatic rings. The molecule has 1 saturated carbocycles. The molecule has 2 aromatic carbocycles. The monoisotopic (exact) mass is 807 g/mol. The van der Waals surface area contributed by atoms with Gasteiger partial charge in [0.1, 0.15) is 5.75 Å². The quantitative estimate of drug-likeness (QED) is 0.420. The Balaban J connectivity index is 1.13.